The van der Waals surface area contributed by atoms with E-state index in [1.54, 1.807) is 13.8 Å². The van der Waals surface area contributed by atoms with Gasteiger partial charge in [0.25, 0.3) is 0 Å². The molecule has 1 atom stereocenters. The minimum absolute atomic E-state index is 0.0206. The van der Waals surface area contributed by atoms with Gasteiger partial charge in [0.2, 0.25) is 5.78 Å². The number of hydrogen-bond acceptors (Lipinski definition) is 3. The van der Waals surface area contributed by atoms with Crippen LogP contribution < -0.4 is 10.9 Å². The van der Waals surface area contributed by atoms with E-state index in [1.807, 2.05) is 6.92 Å². The predicted octanol–water partition coefficient (Wildman–Crippen LogP) is -0.395. The molecule has 0 aromatic rings. The average molecular weight is 156 g/mol. The van der Waals surface area contributed by atoms with Crippen LogP contribution in [0.15, 0.2) is 0 Å². The quantitative estimate of drug-likeness (QED) is 0.469. The summed E-state index contributed by atoms with van der Waals surface area (Å²) < 4.78 is 0. The Hall–Kier alpha value is -0.900. The number of hydrogen-bond donors (Lipinski definition) is 2. The molecule has 11 heavy (non-hydrogen) atoms. The number of rotatable bonds is 0. The molecule has 0 saturated carbocycles. The maximum Gasteiger partial charge on any atom is 0.302 e. The molecule has 1 saturated heterocycles. The Kier molecular flexibility index (Phi) is 1.72. The van der Waals surface area contributed by atoms with Crippen LogP contribution in [-0.4, -0.2) is 17.7 Å². The fourth-order valence-corrected chi connectivity index (χ4v) is 0.900. The van der Waals surface area contributed by atoms with Gasteiger partial charge >= 0.3 is 5.91 Å². The first-order valence-electron chi connectivity index (χ1n) is 3.56. The van der Waals surface area contributed by atoms with Gasteiger partial charge in [0.15, 0.2) is 0 Å². The second kappa shape index (κ2) is 2.30. The van der Waals surface area contributed by atoms with Crippen molar-refractivity contribution in [3.05, 3.63) is 0 Å². The predicted molar refractivity (Wildman–Crippen MR) is 39.5 cm³/mol. The number of amides is 1. The van der Waals surface area contributed by atoms with E-state index >= 15 is 0 Å². The van der Waals surface area contributed by atoms with Crippen molar-refractivity contribution >= 4 is 11.7 Å². The minimum atomic E-state index is -0.595. The summed E-state index contributed by atoms with van der Waals surface area (Å²) >= 11 is 0. The van der Waals surface area contributed by atoms with Crippen molar-refractivity contribution in [2.24, 2.45) is 5.41 Å². The van der Waals surface area contributed by atoms with Crippen molar-refractivity contribution in [2.75, 3.05) is 0 Å². The molecule has 0 radical (unpaired) electrons. The molecule has 4 nitrogen and oxygen atoms in total. The van der Waals surface area contributed by atoms with Crippen molar-refractivity contribution in [3.8, 4) is 0 Å². The van der Waals surface area contributed by atoms with Crippen molar-refractivity contribution in [1.29, 1.82) is 0 Å². The fourth-order valence-electron chi connectivity index (χ4n) is 0.900. The number of ketones is 1. The molecule has 1 aliphatic heterocycles. The molecular formula is C7H12N2O2. The molecule has 1 fully saturated rings. The van der Waals surface area contributed by atoms with Crippen LogP contribution in [0, 0.1) is 5.41 Å². The highest BCUT2D eigenvalue weighted by atomic mass is 16.2. The summed E-state index contributed by atoms with van der Waals surface area (Å²) in [6.45, 7) is 5.37. The Balaban J connectivity index is 2.89. The summed E-state index contributed by atoms with van der Waals surface area (Å²) in [5.41, 5.74) is 4.44. The standard InChI is InChI=1S/C7H12N2O2/c1-4-7(2,3)5(10)6(11)9-8-4/h4,8H,1-3H3,(H,9,11). The second-order valence-electron chi connectivity index (χ2n) is 3.37. The van der Waals surface area contributed by atoms with Gasteiger partial charge in [-0.1, -0.05) is 13.8 Å². The number of hydrazine groups is 1. The topological polar surface area (TPSA) is 58.2 Å². The lowest BCUT2D eigenvalue weighted by atomic mass is 9.80. The molecule has 1 amide bonds. The summed E-state index contributed by atoms with van der Waals surface area (Å²) in [6.07, 6.45) is 0. The number of carbonyl (C=O) groups excluding carboxylic acids is 2. The van der Waals surface area contributed by atoms with E-state index in [4.69, 9.17) is 0 Å². The molecule has 0 aliphatic carbocycles. The molecular weight excluding hydrogens is 144 g/mol. The zero-order chi connectivity index (χ0) is 8.65. The van der Waals surface area contributed by atoms with Crippen molar-refractivity contribution in [3.63, 3.8) is 0 Å². The average Bonchev–Trinajstić information content (AvgIpc) is 1.95. The lowest BCUT2D eigenvalue weighted by Gasteiger charge is -2.34. The van der Waals surface area contributed by atoms with E-state index in [1.165, 1.54) is 0 Å². The van der Waals surface area contributed by atoms with E-state index in [-0.39, 0.29) is 11.8 Å². The van der Waals surface area contributed by atoms with Gasteiger partial charge in [0.1, 0.15) is 0 Å². The highest BCUT2D eigenvalue weighted by Crippen LogP contribution is 2.23. The Morgan fingerprint density at radius 3 is 2.36 bits per heavy atom. The molecule has 0 aromatic heterocycles. The smallest absolute Gasteiger partial charge is 0.288 e. The van der Waals surface area contributed by atoms with E-state index in [9.17, 15) is 9.59 Å². The van der Waals surface area contributed by atoms with Crippen molar-refractivity contribution < 1.29 is 9.59 Å². The number of nitrogens with one attached hydrogen (secondary N) is 2. The number of carbonyl (C=O) groups is 2. The lowest BCUT2D eigenvalue weighted by molar-refractivity contribution is -0.148. The summed E-state index contributed by atoms with van der Waals surface area (Å²) in [5, 5.41) is 0. The zero-order valence-electron chi connectivity index (χ0n) is 6.89. The molecule has 2 N–H and O–H groups in total. The maximum atomic E-state index is 11.2. The molecule has 4 heteroatoms. The molecule has 1 rings (SSSR count). The molecule has 1 heterocycles. The third kappa shape index (κ3) is 1.14. The van der Waals surface area contributed by atoms with Crippen LogP contribution in [0.3, 0.4) is 0 Å². The molecule has 0 bridgehead atoms. The summed E-state index contributed by atoms with van der Waals surface area (Å²) in [5.74, 6) is -0.906. The van der Waals surface area contributed by atoms with E-state index in [0.717, 1.165) is 0 Å². The van der Waals surface area contributed by atoms with E-state index in [2.05, 4.69) is 10.9 Å². The van der Waals surface area contributed by atoms with Gasteiger partial charge in [-0.3, -0.25) is 15.0 Å². The molecule has 0 spiro atoms. The van der Waals surface area contributed by atoms with Crippen molar-refractivity contribution in [2.45, 2.75) is 26.8 Å². The van der Waals surface area contributed by atoms with Crippen molar-refractivity contribution in [1.82, 2.24) is 10.9 Å². The van der Waals surface area contributed by atoms with Crippen LogP contribution in [0.5, 0.6) is 0 Å². The van der Waals surface area contributed by atoms with Crippen LogP contribution in [0.1, 0.15) is 20.8 Å². The maximum absolute atomic E-state index is 11.2. The first-order chi connectivity index (χ1) is 4.96. The van der Waals surface area contributed by atoms with Gasteiger partial charge in [0.05, 0.1) is 5.41 Å². The first kappa shape index (κ1) is 8.20. The van der Waals surface area contributed by atoms with Gasteiger partial charge < -0.3 is 0 Å². The monoisotopic (exact) mass is 156 g/mol. The summed E-state index contributed by atoms with van der Waals surface area (Å²) in [6, 6.07) is -0.0206. The second-order valence-corrected chi connectivity index (χ2v) is 3.37. The van der Waals surface area contributed by atoms with Crippen LogP contribution in [0.4, 0.5) is 0 Å². The van der Waals surface area contributed by atoms with Crippen LogP contribution in [0.2, 0.25) is 0 Å². The summed E-state index contributed by atoms with van der Waals surface area (Å²) in [4.78, 5) is 22.0. The van der Waals surface area contributed by atoms with Crippen LogP contribution >= 0.6 is 0 Å². The highest BCUT2D eigenvalue weighted by Gasteiger charge is 2.41. The Morgan fingerprint density at radius 1 is 1.36 bits per heavy atom. The third-order valence-electron chi connectivity index (χ3n) is 2.28. The minimum Gasteiger partial charge on any atom is -0.288 e. The van der Waals surface area contributed by atoms with Crippen LogP contribution in [-0.2, 0) is 9.59 Å². The van der Waals surface area contributed by atoms with Gasteiger partial charge in [-0.25, -0.2) is 5.43 Å². The lowest BCUT2D eigenvalue weighted by Crippen LogP contribution is -2.62. The molecule has 1 unspecified atom stereocenters. The fraction of sp³-hybridized carbons (Fsp3) is 0.714. The molecule has 0 aromatic carbocycles. The normalized spacial score (nSPS) is 29.9. The highest BCUT2D eigenvalue weighted by molar-refractivity contribution is 6.38. The SMILES string of the molecule is CC1NNC(=O)C(=O)C1(C)C. The van der Waals surface area contributed by atoms with Crippen LogP contribution in [0.25, 0.3) is 0 Å². The summed E-state index contributed by atoms with van der Waals surface area (Å²) in [7, 11) is 0. The van der Waals surface area contributed by atoms with Gasteiger partial charge in [-0.15, -0.1) is 0 Å². The van der Waals surface area contributed by atoms with E-state index in [0.29, 0.717) is 0 Å². The molecule has 1 aliphatic rings. The number of Topliss-reactive ketones (excluding diaryl/α,β-unsaturated/α-hetero) is 1. The Labute approximate surface area is 65.3 Å². The van der Waals surface area contributed by atoms with Gasteiger partial charge in [0, 0.05) is 6.04 Å². The Bertz CT molecular complexity index is 210. The van der Waals surface area contributed by atoms with Gasteiger partial charge in [-0.05, 0) is 6.92 Å². The zero-order valence-corrected chi connectivity index (χ0v) is 6.89. The van der Waals surface area contributed by atoms with E-state index < -0.39 is 11.3 Å². The first-order valence-corrected chi connectivity index (χ1v) is 3.56. The Morgan fingerprint density at radius 2 is 1.91 bits per heavy atom. The van der Waals surface area contributed by atoms with Gasteiger partial charge in [-0.2, -0.15) is 0 Å². The largest absolute Gasteiger partial charge is 0.302 e. The molecule has 62 valence electrons. The third-order valence-corrected chi connectivity index (χ3v) is 2.28.